The molecule has 1 aliphatic carbocycles. The Morgan fingerprint density at radius 3 is 2.59 bits per heavy atom. The van der Waals surface area contributed by atoms with Crippen LogP contribution in [0.25, 0.3) is 0 Å². The quantitative estimate of drug-likeness (QED) is 0.670. The summed E-state index contributed by atoms with van der Waals surface area (Å²) in [5, 5.41) is 2.02. The van der Waals surface area contributed by atoms with E-state index in [1.807, 2.05) is 16.3 Å². The number of methoxy groups -OCH3 is 1. The van der Waals surface area contributed by atoms with Crippen molar-refractivity contribution in [2.45, 2.75) is 43.2 Å². The lowest BCUT2D eigenvalue weighted by Gasteiger charge is -2.34. The Balaban J connectivity index is 1.48. The van der Waals surface area contributed by atoms with Crippen molar-refractivity contribution in [3.63, 3.8) is 0 Å². The Morgan fingerprint density at radius 1 is 1.21 bits per heavy atom. The van der Waals surface area contributed by atoms with Gasteiger partial charge in [-0.2, -0.15) is 4.31 Å². The van der Waals surface area contributed by atoms with E-state index in [4.69, 9.17) is 4.74 Å². The number of thiophene rings is 1. The van der Waals surface area contributed by atoms with Gasteiger partial charge >= 0.3 is 0 Å². The van der Waals surface area contributed by atoms with E-state index in [1.54, 1.807) is 42.7 Å². The zero-order chi connectivity index (χ0) is 20.4. The number of hydrogen-bond acceptors (Lipinski definition) is 5. The molecule has 0 bridgehead atoms. The first kappa shape index (κ1) is 20.4. The molecule has 1 amide bonds. The van der Waals surface area contributed by atoms with E-state index in [0.29, 0.717) is 31.3 Å². The molecule has 2 heterocycles. The minimum Gasteiger partial charge on any atom is -0.497 e. The maximum absolute atomic E-state index is 13.3. The second-order valence-electron chi connectivity index (χ2n) is 7.65. The average Bonchev–Trinajstić information content (AvgIpc) is 3.47. The van der Waals surface area contributed by atoms with Gasteiger partial charge in [-0.25, -0.2) is 8.42 Å². The number of piperidine rings is 1. The monoisotopic (exact) mass is 434 g/mol. The molecule has 29 heavy (non-hydrogen) atoms. The molecule has 1 saturated carbocycles. The van der Waals surface area contributed by atoms with Crippen molar-refractivity contribution >= 4 is 27.3 Å². The van der Waals surface area contributed by atoms with Gasteiger partial charge in [0.25, 0.3) is 0 Å². The van der Waals surface area contributed by atoms with Crippen molar-refractivity contribution in [2.75, 3.05) is 20.2 Å². The third-order valence-electron chi connectivity index (χ3n) is 5.61. The molecule has 8 heteroatoms. The summed E-state index contributed by atoms with van der Waals surface area (Å²) in [4.78, 5) is 16.7. The largest absolute Gasteiger partial charge is 0.497 e. The van der Waals surface area contributed by atoms with Crippen molar-refractivity contribution in [1.82, 2.24) is 9.21 Å². The minimum absolute atomic E-state index is 0.0931. The van der Waals surface area contributed by atoms with Gasteiger partial charge in [-0.1, -0.05) is 6.07 Å². The molecule has 1 saturated heterocycles. The second-order valence-corrected chi connectivity index (χ2v) is 10.6. The van der Waals surface area contributed by atoms with Crippen LogP contribution in [0.4, 0.5) is 0 Å². The van der Waals surface area contributed by atoms with Gasteiger partial charge in [-0.15, -0.1) is 11.3 Å². The van der Waals surface area contributed by atoms with Crippen LogP contribution in [-0.4, -0.2) is 49.8 Å². The minimum atomic E-state index is -3.62. The van der Waals surface area contributed by atoms with E-state index in [9.17, 15) is 13.2 Å². The van der Waals surface area contributed by atoms with Gasteiger partial charge in [0.05, 0.1) is 24.5 Å². The second kappa shape index (κ2) is 8.45. The maximum Gasteiger partial charge on any atom is 0.243 e. The fraction of sp³-hybridized carbons (Fsp3) is 0.476. The predicted molar refractivity (Wildman–Crippen MR) is 112 cm³/mol. The number of carbonyl (C=O) groups excluding carboxylic acids is 1. The van der Waals surface area contributed by atoms with Gasteiger partial charge in [0.2, 0.25) is 15.9 Å². The maximum atomic E-state index is 13.3. The fourth-order valence-corrected chi connectivity index (χ4v) is 6.06. The number of rotatable bonds is 7. The van der Waals surface area contributed by atoms with Crippen molar-refractivity contribution in [1.29, 1.82) is 0 Å². The summed E-state index contributed by atoms with van der Waals surface area (Å²) in [6.45, 7) is 1.33. The molecule has 1 atom stereocenters. The lowest BCUT2D eigenvalue weighted by Crippen LogP contribution is -2.47. The SMILES string of the molecule is COc1ccc(S(=O)(=O)N2CCC[C@@H](C(=O)N(Cc3cccs3)C3CC3)C2)cc1. The Labute approximate surface area is 176 Å². The fourth-order valence-electron chi connectivity index (χ4n) is 3.84. The molecule has 4 rings (SSSR count). The highest BCUT2D eigenvalue weighted by molar-refractivity contribution is 7.89. The standard InChI is InChI=1S/C21H26N2O4S2/c1-27-18-8-10-20(11-9-18)29(25,26)22-12-2-4-16(14-22)21(24)23(17-6-7-17)15-19-5-3-13-28-19/h3,5,8-11,13,16-17H,2,4,6-7,12,14-15H2,1H3/t16-/m1/s1. The number of carbonyl (C=O) groups is 1. The molecule has 156 valence electrons. The molecular weight excluding hydrogens is 408 g/mol. The third-order valence-corrected chi connectivity index (χ3v) is 8.35. The van der Waals surface area contributed by atoms with E-state index in [-0.39, 0.29) is 23.3 Å². The molecule has 0 spiro atoms. The average molecular weight is 435 g/mol. The van der Waals surface area contributed by atoms with Gasteiger partial charge in [0.15, 0.2) is 0 Å². The van der Waals surface area contributed by atoms with Crippen molar-refractivity contribution in [3.8, 4) is 5.75 Å². The van der Waals surface area contributed by atoms with E-state index in [2.05, 4.69) is 6.07 Å². The summed E-state index contributed by atoms with van der Waals surface area (Å²) in [5.74, 6) is 0.428. The molecule has 0 N–H and O–H groups in total. The highest BCUT2D eigenvalue weighted by atomic mass is 32.2. The summed E-state index contributed by atoms with van der Waals surface area (Å²) < 4.78 is 32.8. The van der Waals surface area contributed by atoms with Gasteiger partial charge in [0.1, 0.15) is 5.75 Å². The van der Waals surface area contributed by atoms with Crippen molar-refractivity contribution in [2.24, 2.45) is 5.92 Å². The topological polar surface area (TPSA) is 66.9 Å². The molecule has 1 aromatic carbocycles. The molecule has 0 unspecified atom stereocenters. The Morgan fingerprint density at radius 2 is 1.97 bits per heavy atom. The highest BCUT2D eigenvalue weighted by Crippen LogP contribution is 2.33. The molecule has 2 aromatic rings. The molecule has 2 aliphatic rings. The first-order valence-corrected chi connectivity index (χ1v) is 12.3. The molecular formula is C21H26N2O4S2. The number of amides is 1. The van der Waals surface area contributed by atoms with Crippen LogP contribution in [0.2, 0.25) is 0 Å². The third kappa shape index (κ3) is 4.49. The summed E-state index contributed by atoms with van der Waals surface area (Å²) in [6, 6.07) is 10.8. The molecule has 0 radical (unpaired) electrons. The van der Waals surface area contributed by atoms with Crippen LogP contribution in [0.3, 0.4) is 0 Å². The van der Waals surface area contributed by atoms with Gasteiger partial charge in [-0.3, -0.25) is 4.79 Å². The number of hydrogen-bond donors (Lipinski definition) is 0. The lowest BCUT2D eigenvalue weighted by molar-refractivity contribution is -0.137. The summed E-state index contributed by atoms with van der Waals surface area (Å²) in [7, 11) is -2.08. The van der Waals surface area contributed by atoms with Crippen LogP contribution < -0.4 is 4.74 Å². The van der Waals surface area contributed by atoms with E-state index in [0.717, 1.165) is 19.3 Å². The molecule has 1 aromatic heterocycles. The Kier molecular flexibility index (Phi) is 5.94. The Bertz CT molecular complexity index is 938. The molecule has 6 nitrogen and oxygen atoms in total. The van der Waals surface area contributed by atoms with E-state index >= 15 is 0 Å². The van der Waals surface area contributed by atoms with Crippen LogP contribution in [0.5, 0.6) is 5.75 Å². The number of sulfonamides is 1. The lowest BCUT2D eigenvalue weighted by atomic mass is 9.98. The number of ether oxygens (including phenoxy) is 1. The van der Waals surface area contributed by atoms with Gasteiger partial charge in [0, 0.05) is 24.0 Å². The van der Waals surface area contributed by atoms with Crippen molar-refractivity contribution in [3.05, 3.63) is 46.7 Å². The highest BCUT2D eigenvalue weighted by Gasteiger charge is 2.39. The van der Waals surface area contributed by atoms with Gasteiger partial charge < -0.3 is 9.64 Å². The Hall–Kier alpha value is -1.90. The first-order valence-electron chi connectivity index (χ1n) is 9.96. The predicted octanol–water partition coefficient (Wildman–Crippen LogP) is 3.35. The van der Waals surface area contributed by atoms with Crippen LogP contribution in [0.15, 0.2) is 46.7 Å². The van der Waals surface area contributed by atoms with Crippen LogP contribution in [0, 0.1) is 5.92 Å². The normalized spacial score (nSPS) is 20.4. The number of benzene rings is 1. The summed E-state index contributed by atoms with van der Waals surface area (Å²) >= 11 is 1.66. The van der Waals surface area contributed by atoms with E-state index < -0.39 is 10.0 Å². The van der Waals surface area contributed by atoms with E-state index in [1.165, 1.54) is 9.18 Å². The summed E-state index contributed by atoms with van der Waals surface area (Å²) in [5.41, 5.74) is 0. The number of nitrogens with zero attached hydrogens (tertiary/aromatic N) is 2. The van der Waals surface area contributed by atoms with Crippen LogP contribution in [-0.2, 0) is 21.4 Å². The van der Waals surface area contributed by atoms with Gasteiger partial charge in [-0.05, 0) is 61.4 Å². The first-order chi connectivity index (χ1) is 14.0. The zero-order valence-electron chi connectivity index (χ0n) is 16.5. The van der Waals surface area contributed by atoms with Crippen molar-refractivity contribution < 1.29 is 17.9 Å². The smallest absolute Gasteiger partial charge is 0.243 e. The van der Waals surface area contributed by atoms with Crippen LogP contribution in [0.1, 0.15) is 30.6 Å². The van der Waals surface area contributed by atoms with Crippen LogP contribution >= 0.6 is 11.3 Å². The molecule has 1 aliphatic heterocycles. The summed E-state index contributed by atoms with van der Waals surface area (Å²) in [6.07, 6.45) is 3.51. The zero-order valence-corrected chi connectivity index (χ0v) is 18.1. The molecule has 2 fully saturated rings.